The Labute approximate surface area is 246 Å². The summed E-state index contributed by atoms with van der Waals surface area (Å²) in [6.45, 7) is 19.3. The molecule has 40 heavy (non-hydrogen) atoms. The molecular weight excluding hydrogens is 588 g/mol. The van der Waals surface area contributed by atoms with Crippen LogP contribution in [0.2, 0.25) is 18.1 Å². The Morgan fingerprint density at radius 3 is 2.75 bits per heavy atom. The van der Waals surface area contributed by atoms with Gasteiger partial charge in [0, 0.05) is 4.75 Å². The van der Waals surface area contributed by atoms with Gasteiger partial charge in [-0.05, 0) is 69.0 Å². The molecule has 0 radical (unpaired) electrons. The maximum absolute atomic E-state index is 11.6. The van der Waals surface area contributed by atoms with E-state index in [1.807, 2.05) is 0 Å². The summed E-state index contributed by atoms with van der Waals surface area (Å²) in [5, 5.41) is 21.6. The third-order valence-electron chi connectivity index (χ3n) is 9.00. The van der Waals surface area contributed by atoms with Crippen LogP contribution in [0.4, 0.5) is 0 Å². The minimum Gasteiger partial charge on any atom is -0.492 e. The van der Waals surface area contributed by atoms with Gasteiger partial charge in [-0.25, -0.2) is 9.97 Å². The fourth-order valence-corrected chi connectivity index (χ4v) is 13.8. The van der Waals surface area contributed by atoms with Crippen LogP contribution < -0.4 is 0 Å². The van der Waals surface area contributed by atoms with Crippen molar-refractivity contribution in [2.45, 2.75) is 107 Å². The van der Waals surface area contributed by atoms with Gasteiger partial charge < -0.3 is 28.4 Å². The minimum atomic E-state index is -2.66. The molecule has 0 amide bonds. The molecule has 3 aliphatic rings. The average molecular weight is 629 g/mol. The zero-order valence-electron chi connectivity index (χ0n) is 24.2. The molecule has 4 heterocycles. The Hall–Kier alpha value is -0.893. The first-order valence-electron chi connectivity index (χ1n) is 13.7. The Morgan fingerprint density at radius 1 is 1.35 bits per heavy atom. The van der Waals surface area contributed by atoms with E-state index in [2.05, 4.69) is 69.2 Å². The highest BCUT2D eigenvalue weighted by Gasteiger charge is 2.55. The van der Waals surface area contributed by atoms with Gasteiger partial charge in [0.15, 0.2) is 25.7 Å². The fourth-order valence-electron chi connectivity index (χ4n) is 5.38. The van der Waals surface area contributed by atoms with Gasteiger partial charge >= 0.3 is 0 Å². The van der Waals surface area contributed by atoms with Gasteiger partial charge in [-0.15, -0.1) is 0 Å². The quantitative estimate of drug-likeness (QED) is 0.224. The number of rotatable bonds is 7. The van der Waals surface area contributed by atoms with Crippen molar-refractivity contribution < 1.29 is 28.4 Å². The number of aliphatic hydroxyl groups excluding tert-OH is 1. The van der Waals surface area contributed by atoms with Crippen molar-refractivity contribution in [1.29, 1.82) is 0 Å². The molecule has 5 rings (SSSR count). The van der Waals surface area contributed by atoms with Crippen LogP contribution in [0.3, 0.4) is 0 Å². The lowest BCUT2D eigenvalue weighted by Gasteiger charge is -2.40. The lowest BCUT2D eigenvalue weighted by molar-refractivity contribution is -0.0475. The number of hydrogen-bond donors (Lipinski definition) is 2. The van der Waals surface area contributed by atoms with Crippen LogP contribution in [0.1, 0.15) is 60.1 Å². The van der Waals surface area contributed by atoms with E-state index >= 15 is 0 Å². The first-order chi connectivity index (χ1) is 18.5. The summed E-state index contributed by atoms with van der Waals surface area (Å²) >= 11 is 7.67. The number of aliphatic hydroxyl groups is 1. The van der Waals surface area contributed by atoms with Crippen LogP contribution in [-0.4, -0.2) is 73.8 Å². The minimum absolute atomic E-state index is 0.0190. The highest BCUT2D eigenvalue weighted by molar-refractivity contribution is 8.68. The van der Waals surface area contributed by atoms with Crippen LogP contribution in [-0.2, 0) is 30.0 Å². The number of aromatic nitrogens is 4. The summed E-state index contributed by atoms with van der Waals surface area (Å²) < 4.78 is 27.6. The van der Waals surface area contributed by atoms with Crippen LogP contribution in [0, 0.1) is 5.92 Å². The molecule has 2 aliphatic heterocycles. The van der Waals surface area contributed by atoms with Crippen molar-refractivity contribution in [3.63, 3.8) is 0 Å². The molecule has 2 N–H and O–H groups in total. The van der Waals surface area contributed by atoms with Crippen molar-refractivity contribution in [2.75, 3.05) is 6.61 Å². The van der Waals surface area contributed by atoms with Crippen molar-refractivity contribution in [3.05, 3.63) is 24.8 Å². The SMILES string of the molecule is C=C(C)[C@@H]1CC[C@]2(C)S[P@@](=S)(OC[C@H]3O[C@@H](n4cnc5c(O)ncnc54)[C@H](O)[C@@H]3O[Si](C)(C)C(C)(C)C)O[C@H]2C1. The van der Waals surface area contributed by atoms with E-state index < -0.39 is 38.6 Å². The Balaban J connectivity index is 1.38. The number of nitrogens with zero attached hydrogens (tertiary/aromatic N) is 4. The normalized spacial score (nSPS) is 36.7. The zero-order chi connectivity index (χ0) is 29.3. The number of imidazole rings is 1. The van der Waals surface area contributed by atoms with Gasteiger partial charge in [0.25, 0.3) is 0 Å². The molecule has 0 unspecified atom stereocenters. The molecule has 2 aromatic rings. The van der Waals surface area contributed by atoms with E-state index in [9.17, 15) is 10.2 Å². The van der Waals surface area contributed by atoms with Crippen molar-refractivity contribution in [1.82, 2.24) is 19.5 Å². The van der Waals surface area contributed by atoms with E-state index in [0.717, 1.165) is 19.3 Å². The Bertz CT molecular complexity index is 1340. The maximum Gasteiger partial charge on any atom is 0.248 e. The number of fused-ring (bicyclic) bond motifs is 2. The second-order valence-corrected chi connectivity index (χ2v) is 24.3. The van der Waals surface area contributed by atoms with Crippen LogP contribution in [0.15, 0.2) is 24.8 Å². The molecule has 10 nitrogen and oxygen atoms in total. The average Bonchev–Trinajstić information content (AvgIpc) is 3.48. The molecule has 2 saturated heterocycles. The lowest BCUT2D eigenvalue weighted by Crippen LogP contribution is -2.49. The molecule has 222 valence electrons. The first kappa shape index (κ1) is 30.6. The predicted octanol–water partition coefficient (Wildman–Crippen LogP) is 5.69. The van der Waals surface area contributed by atoms with Gasteiger partial charge in [0.2, 0.25) is 11.6 Å². The highest BCUT2D eigenvalue weighted by atomic mass is 32.9. The van der Waals surface area contributed by atoms with Crippen molar-refractivity contribution in [2.24, 2.45) is 5.92 Å². The topological polar surface area (TPSA) is 121 Å². The highest BCUT2D eigenvalue weighted by Crippen LogP contribution is 2.75. The van der Waals surface area contributed by atoms with Crippen LogP contribution in [0.25, 0.3) is 11.2 Å². The molecule has 1 aliphatic carbocycles. The van der Waals surface area contributed by atoms with Gasteiger partial charge in [-0.3, -0.25) is 4.57 Å². The summed E-state index contributed by atoms with van der Waals surface area (Å²) in [6.07, 6.45) is 2.58. The summed E-state index contributed by atoms with van der Waals surface area (Å²) in [6, 6.07) is 0. The molecular formula is C26H41N4O6PS2Si. The van der Waals surface area contributed by atoms with E-state index in [0.29, 0.717) is 11.6 Å². The number of aromatic hydroxyl groups is 1. The number of ether oxygens (including phenoxy) is 1. The predicted molar refractivity (Wildman–Crippen MR) is 162 cm³/mol. The molecule has 0 bridgehead atoms. The lowest BCUT2D eigenvalue weighted by atomic mass is 9.77. The second kappa shape index (κ2) is 10.7. The van der Waals surface area contributed by atoms with Gasteiger partial charge in [0.05, 0.1) is 19.0 Å². The van der Waals surface area contributed by atoms with Gasteiger partial charge in [-0.1, -0.05) is 44.3 Å². The van der Waals surface area contributed by atoms with E-state index in [-0.39, 0.29) is 33.9 Å². The molecule has 0 spiro atoms. The Morgan fingerprint density at radius 2 is 2.08 bits per heavy atom. The summed E-state index contributed by atoms with van der Waals surface area (Å²) in [7, 11) is -2.31. The standard InChI is InChI=1S/C26H41N4O6PS2Si/c1-15(2)16-9-10-26(6)18(11-16)35-37(38,39-26)33-12-17-21(36-40(7,8)25(3,4)5)20(31)24(34-17)30-14-29-19-22(30)27-13-28-23(19)32/h13-14,16-18,20-21,24,31H,1,9-12H2,2-8H3,(H,27,28,32)/t16-,17-,18+,20-,21-,24-,26+,37+/m1/s1. The molecule has 2 aromatic heterocycles. The summed E-state index contributed by atoms with van der Waals surface area (Å²) in [5.41, 5.74) is -0.888. The summed E-state index contributed by atoms with van der Waals surface area (Å²) in [5.74, 6) is 0.201. The van der Waals surface area contributed by atoms with E-state index in [4.69, 9.17) is 30.0 Å². The number of allylic oxidation sites excluding steroid dienone is 1. The third-order valence-corrected chi connectivity index (χ3v) is 19.3. The third kappa shape index (κ3) is 5.58. The fraction of sp³-hybridized carbons (Fsp3) is 0.731. The smallest absolute Gasteiger partial charge is 0.248 e. The van der Waals surface area contributed by atoms with Crippen molar-refractivity contribution >= 4 is 48.4 Å². The summed E-state index contributed by atoms with van der Waals surface area (Å²) in [4.78, 5) is 12.3. The zero-order valence-corrected chi connectivity index (χ0v) is 27.8. The van der Waals surface area contributed by atoms with Gasteiger partial charge in [0.1, 0.15) is 24.6 Å². The molecule has 8 atom stereocenters. The largest absolute Gasteiger partial charge is 0.492 e. The number of hydrogen-bond acceptors (Lipinski definition) is 11. The van der Waals surface area contributed by atoms with E-state index in [1.165, 1.54) is 18.2 Å². The molecule has 0 aromatic carbocycles. The molecule has 14 heteroatoms. The van der Waals surface area contributed by atoms with Crippen LogP contribution >= 0.6 is 17.1 Å². The Kier molecular flexibility index (Phi) is 8.16. The van der Waals surface area contributed by atoms with Crippen LogP contribution in [0.5, 0.6) is 5.88 Å². The molecule has 3 fully saturated rings. The van der Waals surface area contributed by atoms with Crippen molar-refractivity contribution in [3.8, 4) is 5.88 Å². The maximum atomic E-state index is 11.6. The monoisotopic (exact) mass is 628 g/mol. The first-order valence-corrected chi connectivity index (χ1v) is 20.7. The molecule has 1 saturated carbocycles. The second-order valence-electron chi connectivity index (χ2n) is 13.0. The van der Waals surface area contributed by atoms with Gasteiger partial charge in [-0.2, -0.15) is 4.98 Å². The van der Waals surface area contributed by atoms with E-state index in [1.54, 1.807) is 15.9 Å².